The number of nitrogens with zero attached hydrogens (tertiary/aromatic N) is 5. The number of aromatic nitrogens is 2. The third-order valence-electron chi connectivity index (χ3n) is 8.44. The summed E-state index contributed by atoms with van der Waals surface area (Å²) in [6.07, 6.45) is 2.09. The summed E-state index contributed by atoms with van der Waals surface area (Å²) in [5, 5.41) is 0.613. The van der Waals surface area contributed by atoms with E-state index < -0.39 is 16.8 Å². The average Bonchev–Trinajstić information content (AvgIpc) is 3.43. The number of nitrogens with two attached hydrogens (primary N) is 1. The molecular weight excluding hydrogens is 752 g/mol. The lowest BCUT2D eigenvalue weighted by molar-refractivity contribution is -0.122. The van der Waals surface area contributed by atoms with Crippen molar-refractivity contribution >= 4 is 63.5 Å². The highest BCUT2D eigenvalue weighted by molar-refractivity contribution is 7.16. The molecule has 0 saturated carbocycles. The first-order valence-corrected chi connectivity index (χ1v) is 20.7. The Balaban J connectivity index is 0.000000219. The summed E-state index contributed by atoms with van der Waals surface area (Å²) in [4.78, 5) is 63.8. The molecule has 3 unspecified atom stereocenters. The lowest BCUT2D eigenvalue weighted by Gasteiger charge is -2.27. The Morgan fingerprint density at radius 1 is 0.648 bits per heavy atom. The summed E-state index contributed by atoms with van der Waals surface area (Å²) in [5.74, 6) is 0.549. The van der Waals surface area contributed by atoms with Crippen molar-refractivity contribution in [3.63, 3.8) is 0 Å². The number of anilines is 1. The summed E-state index contributed by atoms with van der Waals surface area (Å²) in [6, 6.07) is 0. The molecule has 3 amide bonds. The molecule has 3 aliphatic rings. The van der Waals surface area contributed by atoms with Crippen molar-refractivity contribution in [3.05, 3.63) is 25.6 Å². The fourth-order valence-electron chi connectivity index (χ4n) is 6.03. The zero-order valence-corrected chi connectivity index (χ0v) is 36.6. The number of likely N-dealkylation sites (tertiary alicyclic amines) is 1. The van der Waals surface area contributed by atoms with Crippen LogP contribution in [0.15, 0.2) is 0 Å². The molecule has 5 heterocycles. The van der Waals surface area contributed by atoms with Crippen molar-refractivity contribution in [2.75, 3.05) is 45.0 Å². The minimum atomic E-state index is -0.476. The van der Waals surface area contributed by atoms with Gasteiger partial charge in [0.15, 0.2) is 9.60 Å². The predicted molar refractivity (Wildman–Crippen MR) is 215 cm³/mol. The summed E-state index contributed by atoms with van der Waals surface area (Å²) in [6.45, 7) is 26.5. The molecule has 1 fully saturated rings. The number of rotatable bonds is 0. The molecule has 3 atom stereocenters. The smallest absolute Gasteiger partial charge is 0.410 e. The SMILES string of the molecule is CC1CN(C(=O)OC(C)(C)C)CCCC1=O.CC1CN(C(=O)OC(C)(C)C)CCc2sc(Cl)nc21.CC1CN(C(=O)OC(C)(C)C)CCc2sc(N)nc21. The lowest BCUT2D eigenvalue weighted by Crippen LogP contribution is -2.39. The first kappa shape index (κ1) is 45.2. The van der Waals surface area contributed by atoms with Crippen LogP contribution in [-0.2, 0) is 31.8 Å². The van der Waals surface area contributed by atoms with Gasteiger partial charge in [-0.3, -0.25) is 4.79 Å². The quantitative estimate of drug-likeness (QED) is 0.256. The van der Waals surface area contributed by atoms with E-state index in [1.165, 1.54) is 32.4 Å². The summed E-state index contributed by atoms with van der Waals surface area (Å²) >= 11 is 8.99. The van der Waals surface area contributed by atoms with E-state index >= 15 is 0 Å². The van der Waals surface area contributed by atoms with Crippen LogP contribution in [0.1, 0.15) is 129 Å². The van der Waals surface area contributed by atoms with Gasteiger partial charge in [0.05, 0.1) is 11.4 Å². The van der Waals surface area contributed by atoms with Gasteiger partial charge in [-0.1, -0.05) is 32.4 Å². The number of halogens is 1. The first-order valence-electron chi connectivity index (χ1n) is 18.7. The second-order valence-electron chi connectivity index (χ2n) is 17.2. The third kappa shape index (κ3) is 14.5. The van der Waals surface area contributed by atoms with Gasteiger partial charge in [-0.2, -0.15) is 0 Å². The standard InChI is InChI=1S/C13H19ClN2O2S.C13H21N3O2S.C12H21NO3/c2*1-8-7-16(12(17)18-13(2,3)4)6-5-9-10(8)15-11(14)19-9;1-9-8-13(7-5-6-10(9)14)11(15)16-12(2,3)4/h8H,5-7H2,1-4H3;8H,5-7H2,1-4H3,(H2,14,15);9H,5-8H2,1-4H3. The lowest BCUT2D eigenvalue weighted by atomic mass is 10.0. The number of nitrogen functional groups attached to an aromatic ring is 1. The van der Waals surface area contributed by atoms with Gasteiger partial charge >= 0.3 is 18.3 Å². The largest absolute Gasteiger partial charge is 0.444 e. The molecule has 0 spiro atoms. The Morgan fingerprint density at radius 2 is 1.04 bits per heavy atom. The maximum atomic E-state index is 12.1. The summed E-state index contributed by atoms with van der Waals surface area (Å²) in [7, 11) is 0. The Bertz CT molecular complexity index is 1520. The zero-order valence-electron chi connectivity index (χ0n) is 34.2. The molecule has 1 saturated heterocycles. The van der Waals surface area contributed by atoms with Crippen molar-refractivity contribution < 1.29 is 33.4 Å². The first-order chi connectivity index (χ1) is 24.8. The second-order valence-corrected chi connectivity index (χ2v) is 20.0. The number of hydrogen-bond acceptors (Lipinski definition) is 12. The van der Waals surface area contributed by atoms with E-state index in [1.807, 2.05) is 69.2 Å². The molecule has 54 heavy (non-hydrogen) atoms. The van der Waals surface area contributed by atoms with E-state index in [4.69, 9.17) is 31.5 Å². The van der Waals surface area contributed by atoms with E-state index in [2.05, 4.69) is 23.8 Å². The highest BCUT2D eigenvalue weighted by atomic mass is 35.5. The van der Waals surface area contributed by atoms with E-state index in [0.29, 0.717) is 55.3 Å². The topological polar surface area (TPSA) is 157 Å². The molecule has 2 N–H and O–H groups in total. The molecule has 0 aliphatic carbocycles. The second kappa shape index (κ2) is 18.6. The summed E-state index contributed by atoms with van der Waals surface area (Å²) < 4.78 is 16.7. The van der Waals surface area contributed by atoms with E-state index in [1.54, 1.807) is 14.7 Å². The molecule has 16 heteroatoms. The number of carbonyl (C=O) groups is 4. The highest BCUT2D eigenvalue weighted by Crippen LogP contribution is 2.33. The van der Waals surface area contributed by atoms with Crippen molar-refractivity contribution in [1.82, 2.24) is 24.7 Å². The van der Waals surface area contributed by atoms with E-state index in [-0.39, 0.29) is 41.8 Å². The molecule has 0 bridgehead atoms. The number of Topliss-reactive ketones (excluding diaryl/α,β-unsaturated/α-hetero) is 1. The highest BCUT2D eigenvalue weighted by Gasteiger charge is 2.31. The van der Waals surface area contributed by atoms with Gasteiger partial charge in [0.25, 0.3) is 0 Å². The van der Waals surface area contributed by atoms with Gasteiger partial charge in [0.1, 0.15) is 22.6 Å². The molecule has 0 aromatic carbocycles. The van der Waals surface area contributed by atoms with Crippen LogP contribution in [0.2, 0.25) is 4.47 Å². The van der Waals surface area contributed by atoms with Crippen LogP contribution >= 0.6 is 34.3 Å². The maximum absolute atomic E-state index is 12.1. The number of carbonyl (C=O) groups excluding carboxylic acids is 4. The molecule has 5 rings (SSSR count). The number of thiazole rings is 2. The molecule has 0 radical (unpaired) electrons. The Hall–Kier alpha value is -3.17. The number of ether oxygens (including phenoxy) is 3. The molecule has 3 aliphatic heterocycles. The van der Waals surface area contributed by atoms with Gasteiger partial charge < -0.3 is 34.6 Å². The number of ketones is 1. The number of amides is 3. The van der Waals surface area contributed by atoms with Crippen LogP contribution in [0, 0.1) is 5.92 Å². The van der Waals surface area contributed by atoms with Crippen LogP contribution in [0.4, 0.5) is 19.5 Å². The van der Waals surface area contributed by atoms with Gasteiger partial charge in [-0.05, 0) is 68.7 Å². The molecule has 13 nitrogen and oxygen atoms in total. The number of fused-ring (bicyclic) bond motifs is 2. The minimum absolute atomic E-state index is 0.0741. The van der Waals surface area contributed by atoms with Gasteiger partial charge in [0, 0.05) is 86.0 Å². The molecule has 2 aromatic rings. The fourth-order valence-corrected chi connectivity index (χ4v) is 8.23. The zero-order chi connectivity index (χ0) is 40.8. The van der Waals surface area contributed by atoms with Crippen molar-refractivity contribution in [2.24, 2.45) is 5.92 Å². The van der Waals surface area contributed by atoms with Crippen LogP contribution in [0.3, 0.4) is 0 Å². The summed E-state index contributed by atoms with van der Waals surface area (Å²) in [5.41, 5.74) is 6.42. The van der Waals surface area contributed by atoms with Crippen LogP contribution in [0.25, 0.3) is 0 Å². The van der Waals surface area contributed by atoms with Gasteiger partial charge in [-0.15, -0.1) is 22.7 Å². The van der Waals surface area contributed by atoms with Gasteiger partial charge in [0.2, 0.25) is 0 Å². The Kier molecular flexibility index (Phi) is 15.6. The van der Waals surface area contributed by atoms with E-state index in [0.717, 1.165) is 30.7 Å². The minimum Gasteiger partial charge on any atom is -0.444 e. The Morgan fingerprint density at radius 3 is 1.48 bits per heavy atom. The van der Waals surface area contributed by atoms with Crippen molar-refractivity contribution in [2.45, 2.75) is 137 Å². The Labute approximate surface area is 334 Å². The van der Waals surface area contributed by atoms with E-state index in [9.17, 15) is 19.2 Å². The van der Waals surface area contributed by atoms with Crippen LogP contribution < -0.4 is 5.73 Å². The number of hydrogen-bond donors (Lipinski definition) is 1. The average molecular weight is 814 g/mol. The van der Waals surface area contributed by atoms with Gasteiger partial charge in [-0.25, -0.2) is 24.4 Å². The third-order valence-corrected chi connectivity index (χ3v) is 10.6. The predicted octanol–water partition coefficient (Wildman–Crippen LogP) is 8.54. The molecule has 2 aromatic heterocycles. The molecular formula is C38H61ClN6O7S2. The van der Waals surface area contributed by atoms with Crippen LogP contribution in [-0.4, -0.2) is 105 Å². The normalized spacial score (nSPS) is 20.7. The fraction of sp³-hybridized carbons (Fsp3) is 0.737. The van der Waals surface area contributed by atoms with Crippen LogP contribution in [0.5, 0.6) is 0 Å². The monoisotopic (exact) mass is 812 g/mol. The molecule has 304 valence electrons. The van der Waals surface area contributed by atoms with Crippen molar-refractivity contribution in [3.8, 4) is 0 Å². The van der Waals surface area contributed by atoms with Crippen molar-refractivity contribution in [1.29, 1.82) is 0 Å². The maximum Gasteiger partial charge on any atom is 0.410 e.